The van der Waals surface area contributed by atoms with Crippen molar-refractivity contribution in [3.8, 4) is 0 Å². The SMILES string of the molecule is O=c1n(CCC2CCCCC2)c2nc(Br)[nH]c2c2ncnn12. The molecule has 3 aromatic heterocycles. The Kier molecular flexibility index (Phi) is 3.48. The summed E-state index contributed by atoms with van der Waals surface area (Å²) in [5.41, 5.74) is 1.74. The predicted molar refractivity (Wildman–Crippen MR) is 85.8 cm³/mol. The number of aryl methyl sites for hydroxylation is 1. The molecule has 4 rings (SSSR count). The van der Waals surface area contributed by atoms with Gasteiger partial charge in [-0.2, -0.15) is 9.61 Å². The van der Waals surface area contributed by atoms with Crippen LogP contribution in [-0.2, 0) is 6.54 Å². The monoisotopic (exact) mass is 364 g/mol. The fourth-order valence-electron chi connectivity index (χ4n) is 3.43. The molecule has 1 fully saturated rings. The zero-order chi connectivity index (χ0) is 15.1. The molecule has 1 saturated carbocycles. The molecule has 0 aliphatic heterocycles. The zero-order valence-corrected chi connectivity index (χ0v) is 13.7. The Balaban J connectivity index is 1.77. The van der Waals surface area contributed by atoms with Crippen LogP contribution in [-0.4, -0.2) is 29.1 Å². The Morgan fingerprint density at radius 2 is 2.09 bits per heavy atom. The first-order valence-electron chi connectivity index (χ1n) is 7.72. The Hall–Kier alpha value is -1.70. The van der Waals surface area contributed by atoms with Crippen molar-refractivity contribution in [2.24, 2.45) is 5.92 Å². The molecule has 116 valence electrons. The van der Waals surface area contributed by atoms with Crippen molar-refractivity contribution in [3.63, 3.8) is 0 Å². The predicted octanol–water partition coefficient (Wildman–Crippen LogP) is 2.50. The molecule has 0 spiro atoms. The van der Waals surface area contributed by atoms with E-state index in [2.05, 4.69) is 36.0 Å². The topological polar surface area (TPSA) is 80.9 Å². The number of fused-ring (bicyclic) bond motifs is 3. The van der Waals surface area contributed by atoms with E-state index in [1.807, 2.05) is 0 Å². The summed E-state index contributed by atoms with van der Waals surface area (Å²) in [6.07, 6.45) is 8.92. The third-order valence-corrected chi connectivity index (χ3v) is 4.96. The van der Waals surface area contributed by atoms with Crippen LogP contribution >= 0.6 is 15.9 Å². The van der Waals surface area contributed by atoms with Crippen LogP contribution in [0.5, 0.6) is 0 Å². The van der Waals surface area contributed by atoms with E-state index >= 15 is 0 Å². The summed E-state index contributed by atoms with van der Waals surface area (Å²) in [6.45, 7) is 0.674. The summed E-state index contributed by atoms with van der Waals surface area (Å²) in [5.74, 6) is 0.713. The number of H-pyrrole nitrogens is 1. The second-order valence-electron chi connectivity index (χ2n) is 5.95. The van der Waals surface area contributed by atoms with E-state index in [4.69, 9.17) is 0 Å². The van der Waals surface area contributed by atoms with E-state index in [9.17, 15) is 4.79 Å². The summed E-state index contributed by atoms with van der Waals surface area (Å²) in [7, 11) is 0. The fraction of sp³-hybridized carbons (Fsp3) is 0.571. The number of halogens is 1. The summed E-state index contributed by atoms with van der Waals surface area (Å²) in [4.78, 5) is 24.3. The van der Waals surface area contributed by atoms with Gasteiger partial charge >= 0.3 is 5.69 Å². The molecule has 1 aliphatic carbocycles. The lowest BCUT2D eigenvalue weighted by atomic mass is 9.87. The van der Waals surface area contributed by atoms with Crippen molar-refractivity contribution in [3.05, 3.63) is 21.5 Å². The van der Waals surface area contributed by atoms with E-state index in [1.54, 1.807) is 4.57 Å². The number of hydrogen-bond acceptors (Lipinski definition) is 4. The third-order valence-electron chi connectivity index (χ3n) is 4.58. The maximum Gasteiger partial charge on any atom is 0.352 e. The van der Waals surface area contributed by atoms with Gasteiger partial charge in [0.05, 0.1) is 0 Å². The van der Waals surface area contributed by atoms with Crippen LogP contribution in [0.25, 0.3) is 16.8 Å². The van der Waals surface area contributed by atoms with Gasteiger partial charge in [0.15, 0.2) is 16.0 Å². The number of rotatable bonds is 3. The summed E-state index contributed by atoms with van der Waals surface area (Å²) >= 11 is 3.35. The van der Waals surface area contributed by atoms with Gasteiger partial charge in [-0.15, -0.1) is 0 Å². The molecule has 0 aromatic carbocycles. The highest BCUT2D eigenvalue weighted by Gasteiger charge is 2.18. The van der Waals surface area contributed by atoms with Gasteiger partial charge in [-0.1, -0.05) is 32.1 Å². The molecule has 0 radical (unpaired) electrons. The fourth-order valence-corrected chi connectivity index (χ4v) is 3.80. The number of aromatic nitrogens is 6. The number of hydrogen-bond donors (Lipinski definition) is 1. The first kappa shape index (κ1) is 13.9. The summed E-state index contributed by atoms with van der Waals surface area (Å²) in [6, 6.07) is 0. The number of imidazole rings is 1. The number of nitrogens with zero attached hydrogens (tertiary/aromatic N) is 5. The van der Waals surface area contributed by atoms with Gasteiger partial charge in [0.25, 0.3) is 0 Å². The molecule has 0 saturated heterocycles. The summed E-state index contributed by atoms with van der Waals surface area (Å²) < 4.78 is 3.66. The second-order valence-corrected chi connectivity index (χ2v) is 6.70. The van der Waals surface area contributed by atoms with Crippen molar-refractivity contribution >= 4 is 32.7 Å². The molecule has 3 aromatic rings. The molecule has 0 unspecified atom stereocenters. The Morgan fingerprint density at radius 3 is 2.91 bits per heavy atom. The molecule has 3 heterocycles. The lowest BCUT2D eigenvalue weighted by molar-refractivity contribution is 0.323. The van der Waals surface area contributed by atoms with Gasteiger partial charge in [0.1, 0.15) is 11.8 Å². The van der Waals surface area contributed by atoms with Crippen LogP contribution in [0, 0.1) is 5.92 Å². The van der Waals surface area contributed by atoms with Gasteiger partial charge in [0.2, 0.25) is 0 Å². The molecular weight excluding hydrogens is 348 g/mol. The maximum absolute atomic E-state index is 12.6. The lowest BCUT2D eigenvalue weighted by Crippen LogP contribution is -2.29. The molecule has 1 N–H and O–H groups in total. The Labute approximate surface area is 134 Å². The highest BCUT2D eigenvalue weighted by Crippen LogP contribution is 2.27. The molecule has 0 bridgehead atoms. The van der Waals surface area contributed by atoms with Crippen LogP contribution < -0.4 is 5.69 Å². The van der Waals surface area contributed by atoms with Crippen LogP contribution in [0.15, 0.2) is 15.9 Å². The van der Waals surface area contributed by atoms with Crippen LogP contribution in [0.3, 0.4) is 0 Å². The average molecular weight is 365 g/mol. The first-order chi connectivity index (χ1) is 10.7. The van der Waals surface area contributed by atoms with E-state index in [1.165, 1.54) is 42.9 Å². The minimum Gasteiger partial charge on any atom is -0.328 e. The summed E-state index contributed by atoms with van der Waals surface area (Å²) in [5, 5.41) is 4.04. The quantitative estimate of drug-likeness (QED) is 0.724. The Bertz CT molecular complexity index is 873. The van der Waals surface area contributed by atoms with Gasteiger partial charge in [-0.25, -0.2) is 14.8 Å². The maximum atomic E-state index is 12.6. The average Bonchev–Trinajstić information content (AvgIpc) is 3.14. The number of aromatic amines is 1. The highest BCUT2D eigenvalue weighted by molar-refractivity contribution is 9.10. The van der Waals surface area contributed by atoms with Gasteiger partial charge in [0, 0.05) is 6.54 Å². The van der Waals surface area contributed by atoms with Crippen molar-refractivity contribution in [2.45, 2.75) is 45.1 Å². The van der Waals surface area contributed by atoms with Gasteiger partial charge < -0.3 is 4.98 Å². The molecular formula is C14H17BrN6O. The van der Waals surface area contributed by atoms with Gasteiger partial charge in [-0.3, -0.25) is 4.57 Å². The first-order valence-corrected chi connectivity index (χ1v) is 8.51. The molecule has 0 atom stereocenters. The zero-order valence-electron chi connectivity index (χ0n) is 12.1. The molecule has 7 nitrogen and oxygen atoms in total. The largest absolute Gasteiger partial charge is 0.352 e. The van der Waals surface area contributed by atoms with E-state index in [-0.39, 0.29) is 5.69 Å². The van der Waals surface area contributed by atoms with Crippen LogP contribution in [0.2, 0.25) is 0 Å². The minimum atomic E-state index is -0.171. The van der Waals surface area contributed by atoms with Crippen molar-refractivity contribution < 1.29 is 0 Å². The molecule has 1 aliphatic rings. The molecule has 22 heavy (non-hydrogen) atoms. The van der Waals surface area contributed by atoms with Crippen molar-refractivity contribution in [2.75, 3.05) is 0 Å². The molecule has 0 amide bonds. The molecule has 8 heteroatoms. The van der Waals surface area contributed by atoms with Crippen LogP contribution in [0.1, 0.15) is 38.5 Å². The van der Waals surface area contributed by atoms with Crippen molar-refractivity contribution in [1.29, 1.82) is 0 Å². The van der Waals surface area contributed by atoms with Crippen LogP contribution in [0.4, 0.5) is 0 Å². The van der Waals surface area contributed by atoms with Gasteiger partial charge in [-0.05, 0) is 28.3 Å². The smallest absolute Gasteiger partial charge is 0.328 e. The standard InChI is InChI=1S/C14H17BrN6O/c15-13-18-10-11-16-8-17-21(11)14(22)20(12(10)19-13)7-6-9-4-2-1-3-5-9/h8-9H,1-7H2,(H,18,19). The van der Waals surface area contributed by atoms with E-state index in [0.29, 0.717) is 28.5 Å². The lowest BCUT2D eigenvalue weighted by Gasteiger charge is -2.21. The second kappa shape index (κ2) is 5.49. The number of nitrogens with one attached hydrogen (secondary N) is 1. The normalized spacial score (nSPS) is 16.8. The highest BCUT2D eigenvalue weighted by atomic mass is 79.9. The van der Waals surface area contributed by atoms with E-state index in [0.717, 1.165) is 11.9 Å². The van der Waals surface area contributed by atoms with Crippen molar-refractivity contribution in [1.82, 2.24) is 29.1 Å². The minimum absolute atomic E-state index is 0.171. The Morgan fingerprint density at radius 1 is 1.27 bits per heavy atom. The third kappa shape index (κ3) is 2.25. The van der Waals surface area contributed by atoms with E-state index < -0.39 is 0 Å².